The van der Waals surface area contributed by atoms with E-state index in [9.17, 15) is 26.8 Å². The maximum absolute atomic E-state index is 13.7. The van der Waals surface area contributed by atoms with Crippen LogP contribution in [0.4, 0.5) is 14.5 Å². The largest absolute Gasteiger partial charge is 0.350 e. The molecular formula is C27H37F2N3O4S. The van der Waals surface area contributed by atoms with Gasteiger partial charge in [0.25, 0.3) is 0 Å². The monoisotopic (exact) mass is 537 g/mol. The summed E-state index contributed by atoms with van der Waals surface area (Å²) in [6.45, 7) is 9.48. The zero-order chi connectivity index (χ0) is 28.0. The molecule has 0 spiro atoms. The van der Waals surface area contributed by atoms with E-state index in [0.29, 0.717) is 6.42 Å². The minimum absolute atomic E-state index is 0.0265. The lowest BCUT2D eigenvalue weighted by Gasteiger charge is -2.33. The third kappa shape index (κ3) is 9.10. The number of carbonyl (C=O) groups excluding carboxylic acids is 2. The van der Waals surface area contributed by atoms with Crippen molar-refractivity contribution in [2.24, 2.45) is 0 Å². The van der Waals surface area contributed by atoms with E-state index in [1.807, 2.05) is 58.9 Å². The molecule has 2 aromatic carbocycles. The number of halogens is 2. The molecule has 1 N–H and O–H groups in total. The molecule has 0 aliphatic heterocycles. The van der Waals surface area contributed by atoms with Crippen LogP contribution in [0, 0.1) is 18.6 Å². The van der Waals surface area contributed by atoms with E-state index in [0.717, 1.165) is 33.8 Å². The maximum Gasteiger partial charge on any atom is 0.243 e. The van der Waals surface area contributed by atoms with Gasteiger partial charge in [-0.3, -0.25) is 13.9 Å². The zero-order valence-corrected chi connectivity index (χ0v) is 23.2. The summed E-state index contributed by atoms with van der Waals surface area (Å²) in [7, 11) is -3.82. The summed E-state index contributed by atoms with van der Waals surface area (Å²) in [6, 6.07) is 9.79. The van der Waals surface area contributed by atoms with E-state index in [2.05, 4.69) is 5.32 Å². The van der Waals surface area contributed by atoms with Crippen LogP contribution < -0.4 is 9.62 Å². The first kappa shape index (κ1) is 30.2. The molecule has 10 heteroatoms. The predicted octanol–water partition coefficient (Wildman–Crippen LogP) is 4.54. The molecule has 37 heavy (non-hydrogen) atoms. The number of rotatable bonds is 11. The first-order valence-electron chi connectivity index (χ1n) is 12.2. The molecule has 1 atom stereocenters. The van der Waals surface area contributed by atoms with E-state index in [1.54, 1.807) is 0 Å². The van der Waals surface area contributed by atoms with Crippen molar-refractivity contribution < 1.29 is 26.8 Å². The topological polar surface area (TPSA) is 86.8 Å². The number of sulfonamides is 1. The fraction of sp³-hybridized carbons (Fsp3) is 0.481. The Balaban J connectivity index is 2.25. The lowest BCUT2D eigenvalue weighted by atomic mass is 10.0. The van der Waals surface area contributed by atoms with Crippen molar-refractivity contribution in [2.75, 3.05) is 17.1 Å². The Hall–Kier alpha value is -3.01. The second-order valence-electron chi connectivity index (χ2n) is 10.2. The minimum atomic E-state index is -3.82. The molecule has 1 unspecified atom stereocenters. The number of nitrogens with zero attached hydrogens (tertiary/aromatic N) is 2. The van der Waals surface area contributed by atoms with E-state index in [1.165, 1.54) is 11.0 Å². The molecule has 0 aromatic heterocycles. The Morgan fingerprint density at radius 3 is 2.16 bits per heavy atom. The van der Waals surface area contributed by atoms with E-state index < -0.39 is 33.2 Å². The Morgan fingerprint density at radius 1 is 1.03 bits per heavy atom. The quantitative estimate of drug-likeness (QED) is 0.456. The van der Waals surface area contributed by atoms with Crippen LogP contribution in [0.25, 0.3) is 0 Å². The summed E-state index contributed by atoms with van der Waals surface area (Å²) in [6.07, 6.45) is 1.43. The van der Waals surface area contributed by atoms with Crippen molar-refractivity contribution in [1.29, 1.82) is 0 Å². The molecule has 0 aliphatic carbocycles. The summed E-state index contributed by atoms with van der Waals surface area (Å²) < 4.78 is 52.7. The average molecular weight is 538 g/mol. The highest BCUT2D eigenvalue weighted by Gasteiger charge is 2.30. The summed E-state index contributed by atoms with van der Waals surface area (Å²) in [5, 5.41) is 2.94. The summed E-state index contributed by atoms with van der Waals surface area (Å²) in [4.78, 5) is 28.0. The van der Waals surface area contributed by atoms with Gasteiger partial charge in [-0.25, -0.2) is 17.2 Å². The van der Waals surface area contributed by atoms with Gasteiger partial charge in [0.2, 0.25) is 21.8 Å². The Labute approximate surface area is 218 Å². The van der Waals surface area contributed by atoms with Gasteiger partial charge in [-0.05, 0) is 58.2 Å². The summed E-state index contributed by atoms with van der Waals surface area (Å²) in [5.74, 6) is -2.83. The van der Waals surface area contributed by atoms with Crippen LogP contribution in [0.1, 0.15) is 58.1 Å². The maximum atomic E-state index is 13.7. The molecule has 2 amide bonds. The molecule has 0 heterocycles. The Kier molecular flexibility index (Phi) is 10.2. The number of aryl methyl sites for hydroxylation is 1. The van der Waals surface area contributed by atoms with E-state index in [-0.39, 0.29) is 43.4 Å². The number of anilines is 1. The minimum Gasteiger partial charge on any atom is -0.350 e. The standard InChI is InChI=1S/C27H37F2N3O4S/c1-7-24(26(34)30-27(3,4)5)31(18-20-12-10-19(2)11-13-20)25(33)9-8-16-32(37(6,35)36)21-14-15-22(28)23(29)17-21/h10-15,17,24H,7-9,16,18H2,1-6H3,(H,30,34). The second-order valence-corrected chi connectivity index (χ2v) is 12.1. The van der Waals surface area contributed by atoms with Gasteiger partial charge in [-0.15, -0.1) is 0 Å². The second kappa shape index (κ2) is 12.5. The van der Waals surface area contributed by atoms with Crippen molar-refractivity contribution in [2.45, 2.75) is 72.0 Å². The normalized spacial score (nSPS) is 12.6. The first-order chi connectivity index (χ1) is 17.1. The van der Waals surface area contributed by atoms with Gasteiger partial charge in [0.15, 0.2) is 11.6 Å². The third-order valence-electron chi connectivity index (χ3n) is 5.70. The van der Waals surface area contributed by atoms with Gasteiger partial charge < -0.3 is 10.2 Å². The number of benzene rings is 2. The van der Waals surface area contributed by atoms with Crippen LogP contribution in [-0.2, 0) is 26.2 Å². The fourth-order valence-corrected chi connectivity index (χ4v) is 4.86. The number of hydrogen-bond acceptors (Lipinski definition) is 4. The van der Waals surface area contributed by atoms with Crippen LogP contribution in [0.2, 0.25) is 0 Å². The first-order valence-corrected chi connectivity index (χ1v) is 14.1. The lowest BCUT2D eigenvalue weighted by molar-refractivity contribution is -0.142. The van der Waals surface area contributed by atoms with Crippen molar-refractivity contribution >= 4 is 27.5 Å². The van der Waals surface area contributed by atoms with Crippen molar-refractivity contribution in [3.8, 4) is 0 Å². The van der Waals surface area contributed by atoms with Crippen molar-refractivity contribution in [1.82, 2.24) is 10.2 Å². The van der Waals surface area contributed by atoms with Crippen LogP contribution in [0.5, 0.6) is 0 Å². The number of carbonyl (C=O) groups is 2. The molecule has 7 nitrogen and oxygen atoms in total. The van der Waals surface area contributed by atoms with Gasteiger partial charge in [0, 0.05) is 31.1 Å². The van der Waals surface area contributed by atoms with Gasteiger partial charge in [-0.2, -0.15) is 0 Å². The van der Waals surface area contributed by atoms with Crippen molar-refractivity contribution in [3.63, 3.8) is 0 Å². The molecule has 0 saturated carbocycles. The molecule has 2 aromatic rings. The van der Waals surface area contributed by atoms with Gasteiger partial charge >= 0.3 is 0 Å². The Bertz CT molecular complexity index is 1200. The van der Waals surface area contributed by atoms with Crippen LogP contribution in [-0.4, -0.2) is 49.5 Å². The molecule has 2 rings (SSSR count). The van der Waals surface area contributed by atoms with Crippen LogP contribution in [0.3, 0.4) is 0 Å². The average Bonchev–Trinajstić information content (AvgIpc) is 2.77. The van der Waals surface area contributed by atoms with Gasteiger partial charge in [-0.1, -0.05) is 36.8 Å². The third-order valence-corrected chi connectivity index (χ3v) is 6.90. The van der Waals surface area contributed by atoms with Gasteiger partial charge in [0.1, 0.15) is 6.04 Å². The van der Waals surface area contributed by atoms with Gasteiger partial charge in [0.05, 0.1) is 11.9 Å². The molecule has 0 bridgehead atoms. The lowest BCUT2D eigenvalue weighted by Crippen LogP contribution is -2.53. The SMILES string of the molecule is CCC(C(=O)NC(C)(C)C)N(Cc1ccc(C)cc1)C(=O)CCCN(c1ccc(F)c(F)c1)S(C)(=O)=O. The number of hydrogen-bond donors (Lipinski definition) is 1. The molecule has 0 radical (unpaired) electrons. The molecule has 0 saturated heterocycles. The molecule has 0 fully saturated rings. The fourth-order valence-electron chi connectivity index (χ4n) is 3.91. The molecule has 0 aliphatic rings. The van der Waals surface area contributed by atoms with Crippen LogP contribution in [0.15, 0.2) is 42.5 Å². The number of amides is 2. The highest BCUT2D eigenvalue weighted by Crippen LogP contribution is 2.22. The predicted molar refractivity (Wildman–Crippen MR) is 141 cm³/mol. The summed E-state index contributed by atoms with van der Waals surface area (Å²) in [5.41, 5.74) is 1.42. The smallest absolute Gasteiger partial charge is 0.243 e. The Morgan fingerprint density at radius 2 is 1.65 bits per heavy atom. The zero-order valence-electron chi connectivity index (χ0n) is 22.3. The number of nitrogens with one attached hydrogen (secondary N) is 1. The molecule has 204 valence electrons. The highest BCUT2D eigenvalue weighted by atomic mass is 32.2. The highest BCUT2D eigenvalue weighted by molar-refractivity contribution is 7.92. The van der Waals surface area contributed by atoms with Crippen LogP contribution >= 0.6 is 0 Å². The summed E-state index contributed by atoms with van der Waals surface area (Å²) >= 11 is 0. The van der Waals surface area contributed by atoms with E-state index in [4.69, 9.17) is 0 Å². The molecular weight excluding hydrogens is 500 g/mol. The van der Waals surface area contributed by atoms with Crippen molar-refractivity contribution in [3.05, 3.63) is 65.2 Å². The van der Waals surface area contributed by atoms with E-state index >= 15 is 0 Å².